The van der Waals surface area contributed by atoms with E-state index in [1.165, 1.54) is 5.01 Å². The van der Waals surface area contributed by atoms with Crippen LogP contribution in [0.2, 0.25) is 5.02 Å². The van der Waals surface area contributed by atoms with Gasteiger partial charge in [0.1, 0.15) is 12.3 Å². The molecule has 4 rings (SSSR count). The molecule has 1 atom stereocenters. The minimum atomic E-state index is -0.363. The van der Waals surface area contributed by atoms with Crippen molar-refractivity contribution in [3.63, 3.8) is 0 Å². The van der Waals surface area contributed by atoms with Crippen molar-refractivity contribution in [2.45, 2.75) is 31.7 Å². The highest BCUT2D eigenvalue weighted by molar-refractivity contribution is 6.34. The molecule has 1 unspecified atom stereocenters. The smallest absolute Gasteiger partial charge is 0.262 e. The van der Waals surface area contributed by atoms with Gasteiger partial charge in [0.25, 0.3) is 5.91 Å². The SMILES string of the molecule is COCCN(CC(=O)N1N=C(c2ccccc2Cl)CC1c1ccccc1OC)C(=O)C1CCC1. The molecule has 1 aliphatic carbocycles. The fourth-order valence-electron chi connectivity index (χ4n) is 4.40. The van der Waals surface area contributed by atoms with E-state index >= 15 is 0 Å². The Morgan fingerprint density at radius 2 is 1.85 bits per heavy atom. The van der Waals surface area contributed by atoms with E-state index in [-0.39, 0.29) is 30.3 Å². The minimum Gasteiger partial charge on any atom is -0.496 e. The molecule has 8 heteroatoms. The predicted molar refractivity (Wildman–Crippen MR) is 131 cm³/mol. The van der Waals surface area contributed by atoms with Crippen molar-refractivity contribution in [2.24, 2.45) is 11.0 Å². The zero-order valence-corrected chi connectivity index (χ0v) is 20.3. The van der Waals surface area contributed by atoms with Gasteiger partial charge in [-0.15, -0.1) is 0 Å². The normalized spacial score (nSPS) is 17.8. The van der Waals surface area contributed by atoms with Crippen LogP contribution < -0.4 is 4.74 Å². The number of carbonyl (C=O) groups excluding carboxylic acids is 2. The summed E-state index contributed by atoms with van der Waals surface area (Å²) in [5.74, 6) is 0.444. The zero-order chi connectivity index (χ0) is 24.1. The van der Waals surface area contributed by atoms with Crippen LogP contribution in [-0.2, 0) is 14.3 Å². The topological polar surface area (TPSA) is 71.4 Å². The lowest BCUT2D eigenvalue weighted by Crippen LogP contribution is -2.46. The number of hydrazone groups is 1. The van der Waals surface area contributed by atoms with E-state index in [0.717, 1.165) is 36.1 Å². The maximum absolute atomic E-state index is 13.6. The number of para-hydroxylation sites is 1. The number of carbonyl (C=O) groups is 2. The standard InChI is InChI=1S/C26H30ClN3O4/c1-33-15-14-29(26(32)18-8-7-9-18)17-25(31)30-23(20-11-4-6-13-24(20)34-2)16-22(28-30)19-10-3-5-12-21(19)27/h3-6,10-13,18,23H,7-9,14-17H2,1-2H3. The first-order chi connectivity index (χ1) is 16.5. The predicted octanol–water partition coefficient (Wildman–Crippen LogP) is 4.30. The molecule has 1 heterocycles. The average Bonchev–Trinajstić information content (AvgIpc) is 3.26. The molecule has 0 saturated heterocycles. The Labute approximate surface area is 205 Å². The second-order valence-electron chi connectivity index (χ2n) is 8.61. The second-order valence-corrected chi connectivity index (χ2v) is 9.01. The number of benzene rings is 2. The van der Waals surface area contributed by atoms with Crippen LogP contribution in [0.4, 0.5) is 0 Å². The Hall–Kier alpha value is -2.90. The van der Waals surface area contributed by atoms with Crippen LogP contribution in [0, 0.1) is 5.92 Å². The molecule has 2 aliphatic rings. The van der Waals surface area contributed by atoms with E-state index in [2.05, 4.69) is 0 Å². The lowest BCUT2D eigenvalue weighted by atomic mass is 9.84. The first-order valence-corrected chi connectivity index (χ1v) is 12.0. The quantitative estimate of drug-likeness (QED) is 0.533. The van der Waals surface area contributed by atoms with Gasteiger partial charge in [-0.1, -0.05) is 54.4 Å². The van der Waals surface area contributed by atoms with Crippen LogP contribution in [0.3, 0.4) is 0 Å². The van der Waals surface area contributed by atoms with Gasteiger partial charge in [0.05, 0.1) is 25.5 Å². The number of hydrogen-bond donors (Lipinski definition) is 0. The third-order valence-electron chi connectivity index (χ3n) is 6.51. The zero-order valence-electron chi connectivity index (χ0n) is 19.6. The summed E-state index contributed by atoms with van der Waals surface area (Å²) in [5, 5.41) is 6.79. The highest BCUT2D eigenvalue weighted by Crippen LogP contribution is 2.38. The number of hydrogen-bond acceptors (Lipinski definition) is 5. The molecule has 0 radical (unpaired) electrons. The molecule has 180 valence electrons. The van der Waals surface area contributed by atoms with Crippen molar-refractivity contribution in [3.8, 4) is 5.75 Å². The molecule has 2 aromatic rings. The van der Waals surface area contributed by atoms with Gasteiger partial charge in [-0.25, -0.2) is 5.01 Å². The maximum Gasteiger partial charge on any atom is 0.262 e. The minimum absolute atomic E-state index is 0.00423. The molecule has 34 heavy (non-hydrogen) atoms. The fraction of sp³-hybridized carbons (Fsp3) is 0.423. The van der Waals surface area contributed by atoms with Crippen LogP contribution in [0.25, 0.3) is 0 Å². The van der Waals surface area contributed by atoms with Crippen LogP contribution in [0.1, 0.15) is 42.9 Å². The van der Waals surface area contributed by atoms with Gasteiger partial charge in [-0.3, -0.25) is 9.59 Å². The van der Waals surface area contributed by atoms with Crippen molar-refractivity contribution >= 4 is 29.1 Å². The van der Waals surface area contributed by atoms with Crippen molar-refractivity contribution in [2.75, 3.05) is 33.9 Å². The van der Waals surface area contributed by atoms with Crippen LogP contribution in [0.5, 0.6) is 5.75 Å². The molecule has 1 saturated carbocycles. The van der Waals surface area contributed by atoms with Crippen molar-refractivity contribution in [1.82, 2.24) is 9.91 Å². The Balaban J connectivity index is 1.64. The van der Waals surface area contributed by atoms with E-state index < -0.39 is 0 Å². The second kappa shape index (κ2) is 11.0. The summed E-state index contributed by atoms with van der Waals surface area (Å²) in [6.07, 6.45) is 3.29. The number of methoxy groups -OCH3 is 2. The monoisotopic (exact) mass is 483 g/mol. The third kappa shape index (κ3) is 5.10. The molecule has 7 nitrogen and oxygen atoms in total. The van der Waals surface area contributed by atoms with Gasteiger partial charge < -0.3 is 14.4 Å². The van der Waals surface area contributed by atoms with E-state index in [0.29, 0.717) is 30.3 Å². The summed E-state index contributed by atoms with van der Waals surface area (Å²) in [6, 6.07) is 14.7. The maximum atomic E-state index is 13.6. The van der Waals surface area contributed by atoms with Crippen molar-refractivity contribution in [3.05, 3.63) is 64.7 Å². The molecular weight excluding hydrogens is 454 g/mol. The van der Waals surface area contributed by atoms with Crippen molar-refractivity contribution < 1.29 is 19.1 Å². The lowest BCUT2D eigenvalue weighted by molar-refractivity contribution is -0.146. The van der Waals surface area contributed by atoms with E-state index in [4.69, 9.17) is 26.2 Å². The van der Waals surface area contributed by atoms with Gasteiger partial charge in [-0.2, -0.15) is 5.10 Å². The van der Waals surface area contributed by atoms with Gasteiger partial charge in [0, 0.05) is 42.1 Å². The summed E-state index contributed by atoms with van der Waals surface area (Å²) in [7, 11) is 3.20. The third-order valence-corrected chi connectivity index (χ3v) is 6.84. The molecule has 2 amide bonds. The van der Waals surface area contributed by atoms with Crippen molar-refractivity contribution in [1.29, 1.82) is 0 Å². The van der Waals surface area contributed by atoms with Crippen LogP contribution >= 0.6 is 11.6 Å². The number of ether oxygens (including phenoxy) is 2. The van der Waals surface area contributed by atoms with E-state index in [1.807, 2.05) is 48.5 Å². The van der Waals surface area contributed by atoms with E-state index in [9.17, 15) is 9.59 Å². The molecule has 0 aromatic heterocycles. The summed E-state index contributed by atoms with van der Waals surface area (Å²) < 4.78 is 10.8. The molecule has 2 aromatic carbocycles. The van der Waals surface area contributed by atoms with Crippen LogP contribution in [-0.4, -0.2) is 61.4 Å². The summed E-state index contributed by atoms with van der Waals surface area (Å²) in [4.78, 5) is 28.2. The van der Waals surface area contributed by atoms with Gasteiger partial charge in [-0.05, 0) is 25.0 Å². The summed E-state index contributed by atoms with van der Waals surface area (Å²) >= 11 is 6.45. The Kier molecular flexibility index (Phi) is 7.85. The molecule has 0 N–H and O–H groups in total. The first kappa shape index (κ1) is 24.2. The average molecular weight is 484 g/mol. The highest BCUT2D eigenvalue weighted by atomic mass is 35.5. The lowest BCUT2D eigenvalue weighted by Gasteiger charge is -2.32. The first-order valence-electron chi connectivity index (χ1n) is 11.6. The Morgan fingerprint density at radius 3 is 2.53 bits per heavy atom. The number of amides is 2. The largest absolute Gasteiger partial charge is 0.496 e. The van der Waals surface area contributed by atoms with E-state index in [1.54, 1.807) is 19.1 Å². The highest BCUT2D eigenvalue weighted by Gasteiger charge is 2.37. The Bertz CT molecular complexity index is 1070. The fourth-order valence-corrected chi connectivity index (χ4v) is 4.64. The number of halogens is 1. The van der Waals surface area contributed by atoms with Gasteiger partial charge in [0.15, 0.2) is 0 Å². The van der Waals surface area contributed by atoms with Crippen LogP contribution in [0.15, 0.2) is 53.6 Å². The molecular formula is C26H30ClN3O4. The summed E-state index contributed by atoms with van der Waals surface area (Å²) in [6.45, 7) is 0.686. The number of nitrogens with zero attached hydrogens (tertiary/aromatic N) is 3. The molecule has 1 fully saturated rings. The molecule has 0 bridgehead atoms. The number of rotatable bonds is 9. The summed E-state index contributed by atoms with van der Waals surface area (Å²) in [5.41, 5.74) is 2.38. The molecule has 0 spiro atoms. The van der Waals surface area contributed by atoms with Gasteiger partial charge >= 0.3 is 0 Å². The molecule has 1 aliphatic heterocycles. The Morgan fingerprint density at radius 1 is 1.12 bits per heavy atom. The van der Waals surface area contributed by atoms with Gasteiger partial charge in [0.2, 0.25) is 5.91 Å².